The molecule has 0 N–H and O–H groups in total. The molecule has 0 radical (unpaired) electrons. The van der Waals surface area contributed by atoms with E-state index in [9.17, 15) is 0 Å². The molecule has 144 valence electrons. The summed E-state index contributed by atoms with van der Waals surface area (Å²) in [6.07, 6.45) is 10.2. The highest BCUT2D eigenvalue weighted by Gasteiger charge is 2.37. The monoisotopic (exact) mass is 352 g/mol. The van der Waals surface area contributed by atoms with E-state index >= 15 is 0 Å². The molecule has 0 heterocycles. The second-order valence-corrected chi connectivity index (χ2v) is 11.2. The summed E-state index contributed by atoms with van der Waals surface area (Å²) in [7, 11) is 0. The maximum atomic E-state index is 3.53. The summed E-state index contributed by atoms with van der Waals surface area (Å²) in [5.41, 5.74) is 17.2. The lowest BCUT2D eigenvalue weighted by Crippen LogP contribution is -2.24. The lowest BCUT2D eigenvalue weighted by Gasteiger charge is -2.34. The Morgan fingerprint density at radius 1 is 0.462 bits per heavy atom. The van der Waals surface area contributed by atoms with Gasteiger partial charge in [-0.05, 0) is 70.0 Å². The zero-order valence-electron chi connectivity index (χ0n) is 18.7. The minimum absolute atomic E-state index is 0.197. The van der Waals surface area contributed by atoms with Crippen molar-refractivity contribution in [3.05, 3.63) is 34.1 Å². The molecular formula is C26H40. The van der Waals surface area contributed by atoms with Gasteiger partial charge in [-0.15, -0.1) is 0 Å². The van der Waals surface area contributed by atoms with Gasteiger partial charge in [0.15, 0.2) is 0 Å². The van der Waals surface area contributed by atoms with Crippen LogP contribution in [0.4, 0.5) is 0 Å². The van der Waals surface area contributed by atoms with Crippen LogP contribution in [0.15, 0.2) is 34.1 Å². The van der Waals surface area contributed by atoms with E-state index < -0.39 is 0 Å². The second-order valence-electron chi connectivity index (χ2n) is 11.2. The first-order valence-corrected chi connectivity index (χ1v) is 10.7. The average Bonchev–Trinajstić information content (AvgIpc) is 2.66. The lowest BCUT2D eigenvalue weighted by molar-refractivity contribution is 0.322. The highest BCUT2D eigenvalue weighted by Crippen LogP contribution is 2.49. The van der Waals surface area contributed by atoms with Gasteiger partial charge in [-0.2, -0.15) is 0 Å². The fourth-order valence-corrected chi connectivity index (χ4v) is 5.46. The Morgan fingerprint density at radius 2 is 0.692 bits per heavy atom. The molecule has 0 atom stereocenters. The van der Waals surface area contributed by atoms with Gasteiger partial charge < -0.3 is 0 Å². The summed E-state index contributed by atoms with van der Waals surface area (Å²) >= 11 is 0. The molecule has 0 aliphatic heterocycles. The van der Waals surface area contributed by atoms with E-state index in [2.05, 4.69) is 78.3 Å². The van der Waals surface area contributed by atoms with Crippen LogP contribution in [0.5, 0.6) is 0 Å². The SMILES string of the molecule is CC1(C)CCCCC(C)(C)C1=C=C=C=C=C1C(C)(C)CCCCC1(C)C. The minimum Gasteiger partial charge on any atom is -0.0606 e. The molecule has 0 spiro atoms. The molecule has 2 aliphatic rings. The maximum absolute atomic E-state index is 3.53. The van der Waals surface area contributed by atoms with Gasteiger partial charge in [-0.3, -0.25) is 0 Å². The summed E-state index contributed by atoms with van der Waals surface area (Å²) in [4.78, 5) is 0. The van der Waals surface area contributed by atoms with Gasteiger partial charge in [0.2, 0.25) is 0 Å². The Kier molecular flexibility index (Phi) is 6.08. The van der Waals surface area contributed by atoms with Gasteiger partial charge in [-0.1, -0.05) is 92.5 Å². The second kappa shape index (κ2) is 7.47. The van der Waals surface area contributed by atoms with E-state index in [1.165, 1.54) is 62.5 Å². The lowest BCUT2D eigenvalue weighted by atomic mass is 9.69. The van der Waals surface area contributed by atoms with Gasteiger partial charge in [0.25, 0.3) is 0 Å². The van der Waals surface area contributed by atoms with Crippen molar-refractivity contribution in [1.82, 2.24) is 0 Å². The molecule has 0 aromatic rings. The molecule has 0 aromatic heterocycles. The van der Waals surface area contributed by atoms with E-state index in [4.69, 9.17) is 0 Å². The first-order chi connectivity index (χ1) is 11.9. The van der Waals surface area contributed by atoms with Crippen LogP contribution >= 0.6 is 0 Å². The minimum atomic E-state index is 0.197. The van der Waals surface area contributed by atoms with Crippen molar-refractivity contribution in [3.8, 4) is 0 Å². The summed E-state index contributed by atoms with van der Waals surface area (Å²) in [6, 6.07) is 0. The van der Waals surface area contributed by atoms with Gasteiger partial charge in [0.1, 0.15) is 0 Å². The number of hydrogen-bond acceptors (Lipinski definition) is 0. The molecule has 2 fully saturated rings. The summed E-state index contributed by atoms with van der Waals surface area (Å²) in [5, 5.41) is 0. The first kappa shape index (κ1) is 21.2. The van der Waals surface area contributed by atoms with Gasteiger partial charge >= 0.3 is 0 Å². The Labute approximate surface area is 162 Å². The van der Waals surface area contributed by atoms with Crippen molar-refractivity contribution in [2.24, 2.45) is 21.7 Å². The zero-order valence-corrected chi connectivity index (χ0v) is 18.7. The first-order valence-electron chi connectivity index (χ1n) is 10.7. The zero-order chi connectivity index (χ0) is 19.6. The van der Waals surface area contributed by atoms with Crippen LogP contribution in [0.25, 0.3) is 0 Å². The molecule has 2 rings (SSSR count). The van der Waals surface area contributed by atoms with E-state index in [1.807, 2.05) is 0 Å². The Bertz CT molecular complexity index is 595. The molecule has 0 bridgehead atoms. The van der Waals surface area contributed by atoms with E-state index in [0.29, 0.717) is 0 Å². The van der Waals surface area contributed by atoms with Crippen molar-refractivity contribution in [3.63, 3.8) is 0 Å². The molecule has 0 nitrogen and oxygen atoms in total. The van der Waals surface area contributed by atoms with Crippen LogP contribution in [0.2, 0.25) is 0 Å². The van der Waals surface area contributed by atoms with Crippen molar-refractivity contribution in [2.45, 2.75) is 107 Å². The molecule has 0 aromatic carbocycles. The Morgan fingerprint density at radius 3 is 0.923 bits per heavy atom. The normalized spacial score (nSPS) is 26.5. The molecule has 26 heavy (non-hydrogen) atoms. The fourth-order valence-electron chi connectivity index (χ4n) is 5.46. The smallest absolute Gasteiger partial charge is 0.00567 e. The van der Waals surface area contributed by atoms with Crippen LogP contribution in [0.3, 0.4) is 0 Å². The van der Waals surface area contributed by atoms with Crippen LogP contribution in [-0.4, -0.2) is 0 Å². The molecule has 0 unspecified atom stereocenters. The third-order valence-electron chi connectivity index (χ3n) is 6.85. The van der Waals surface area contributed by atoms with E-state index in [1.54, 1.807) is 0 Å². The van der Waals surface area contributed by atoms with Crippen LogP contribution in [-0.2, 0) is 0 Å². The van der Waals surface area contributed by atoms with Crippen molar-refractivity contribution < 1.29 is 0 Å². The van der Waals surface area contributed by atoms with Crippen molar-refractivity contribution >= 4 is 0 Å². The van der Waals surface area contributed by atoms with Crippen molar-refractivity contribution in [2.75, 3.05) is 0 Å². The van der Waals surface area contributed by atoms with Crippen molar-refractivity contribution in [1.29, 1.82) is 0 Å². The largest absolute Gasteiger partial charge is 0.0606 e. The van der Waals surface area contributed by atoms with E-state index in [0.717, 1.165) is 0 Å². The molecular weight excluding hydrogens is 312 g/mol. The van der Waals surface area contributed by atoms with Crippen LogP contribution < -0.4 is 0 Å². The third-order valence-corrected chi connectivity index (χ3v) is 6.85. The van der Waals surface area contributed by atoms with Crippen LogP contribution in [0.1, 0.15) is 107 Å². The highest BCUT2D eigenvalue weighted by atomic mass is 14.4. The molecule has 0 amide bonds. The summed E-state index contributed by atoms with van der Waals surface area (Å²) in [6.45, 7) is 18.9. The summed E-state index contributed by atoms with van der Waals surface area (Å²) < 4.78 is 0. The highest BCUT2D eigenvalue weighted by molar-refractivity contribution is 5.23. The third kappa shape index (κ3) is 4.77. The van der Waals surface area contributed by atoms with Gasteiger partial charge in [-0.25, -0.2) is 0 Å². The average molecular weight is 353 g/mol. The molecule has 2 aliphatic carbocycles. The molecule has 0 saturated heterocycles. The van der Waals surface area contributed by atoms with Crippen LogP contribution in [0, 0.1) is 21.7 Å². The fraction of sp³-hybridized carbons (Fsp3) is 0.769. The van der Waals surface area contributed by atoms with Gasteiger partial charge in [0, 0.05) is 0 Å². The Balaban J connectivity index is 2.65. The number of hydrogen-bond donors (Lipinski definition) is 0. The topological polar surface area (TPSA) is 0 Å². The predicted octanol–water partition coefficient (Wildman–Crippen LogP) is 8.16. The molecule has 2 saturated carbocycles. The quantitative estimate of drug-likeness (QED) is 0.305. The Hall–Kier alpha value is -1.14. The maximum Gasteiger partial charge on any atom is -0.00567 e. The number of allylic oxidation sites excluding steroid dienone is 2. The summed E-state index contributed by atoms with van der Waals surface area (Å²) in [5.74, 6) is 0. The predicted molar refractivity (Wildman–Crippen MR) is 113 cm³/mol. The van der Waals surface area contributed by atoms with Gasteiger partial charge in [0.05, 0.1) is 0 Å². The molecule has 0 heteroatoms. The van der Waals surface area contributed by atoms with E-state index in [-0.39, 0.29) is 21.7 Å². The number of rotatable bonds is 0. The standard InChI is InChI=1S/C26H40/c1-23(2)17-11-12-18-24(3,4)21(23)15-9-10-16-22-25(5,6)19-13-14-20-26(22,7)8/h11-14,17-20H2,1-8H3.